The van der Waals surface area contributed by atoms with E-state index in [0.29, 0.717) is 17.1 Å². The molecule has 0 radical (unpaired) electrons. The molecular weight excluding hydrogens is 264 g/mol. The van der Waals surface area contributed by atoms with Crippen molar-refractivity contribution in [1.29, 1.82) is 0 Å². The SMILES string of the molecule is CCC1CN(C)CCCN1S(=O)(=O)c1cn[nH]c1C. The number of rotatable bonds is 3. The number of nitrogens with zero attached hydrogens (tertiary/aromatic N) is 3. The van der Waals surface area contributed by atoms with Crippen LogP contribution in [0.1, 0.15) is 25.5 Å². The lowest BCUT2D eigenvalue weighted by Gasteiger charge is -2.29. The first-order chi connectivity index (χ1) is 8.96. The molecule has 0 amide bonds. The lowest BCUT2D eigenvalue weighted by molar-refractivity contribution is 0.270. The van der Waals surface area contributed by atoms with E-state index in [1.165, 1.54) is 6.20 Å². The van der Waals surface area contributed by atoms with Gasteiger partial charge in [0.05, 0.1) is 11.9 Å². The summed E-state index contributed by atoms with van der Waals surface area (Å²) in [5.74, 6) is 0. The Bertz CT molecular complexity index is 526. The first kappa shape index (κ1) is 14.5. The maximum absolute atomic E-state index is 12.7. The van der Waals surface area contributed by atoms with Crippen LogP contribution in [0.15, 0.2) is 11.1 Å². The molecule has 7 heteroatoms. The Morgan fingerprint density at radius 3 is 2.79 bits per heavy atom. The van der Waals surface area contributed by atoms with Crippen LogP contribution in [0.5, 0.6) is 0 Å². The van der Waals surface area contributed by atoms with Gasteiger partial charge >= 0.3 is 0 Å². The van der Waals surface area contributed by atoms with Gasteiger partial charge in [0, 0.05) is 19.1 Å². The minimum Gasteiger partial charge on any atom is -0.305 e. The van der Waals surface area contributed by atoms with Crippen molar-refractivity contribution in [3.8, 4) is 0 Å². The molecule has 1 aliphatic heterocycles. The topological polar surface area (TPSA) is 69.3 Å². The molecule has 1 fully saturated rings. The minimum atomic E-state index is -3.44. The Balaban J connectivity index is 2.35. The molecule has 0 saturated carbocycles. The van der Waals surface area contributed by atoms with Crippen LogP contribution in [0, 0.1) is 6.92 Å². The Morgan fingerprint density at radius 2 is 2.21 bits per heavy atom. The smallest absolute Gasteiger partial charge is 0.246 e. The van der Waals surface area contributed by atoms with Gasteiger partial charge < -0.3 is 4.90 Å². The molecule has 2 rings (SSSR count). The maximum atomic E-state index is 12.7. The van der Waals surface area contributed by atoms with E-state index in [4.69, 9.17) is 0 Å². The Labute approximate surface area is 114 Å². The van der Waals surface area contributed by atoms with Gasteiger partial charge in [-0.2, -0.15) is 9.40 Å². The number of H-pyrrole nitrogens is 1. The predicted octanol–water partition coefficient (Wildman–Crippen LogP) is 0.823. The van der Waals surface area contributed by atoms with Crippen molar-refractivity contribution in [1.82, 2.24) is 19.4 Å². The number of sulfonamides is 1. The zero-order valence-electron chi connectivity index (χ0n) is 11.8. The fourth-order valence-electron chi connectivity index (χ4n) is 2.60. The van der Waals surface area contributed by atoms with Gasteiger partial charge in [-0.1, -0.05) is 6.92 Å². The highest BCUT2D eigenvalue weighted by Crippen LogP contribution is 2.23. The highest BCUT2D eigenvalue weighted by molar-refractivity contribution is 7.89. The summed E-state index contributed by atoms with van der Waals surface area (Å²) in [7, 11) is -1.40. The molecule has 1 aromatic heterocycles. The summed E-state index contributed by atoms with van der Waals surface area (Å²) in [6, 6.07) is 0.0341. The summed E-state index contributed by atoms with van der Waals surface area (Å²) in [5, 5.41) is 6.54. The van der Waals surface area contributed by atoms with Gasteiger partial charge in [-0.15, -0.1) is 0 Å². The molecule has 0 spiro atoms. The highest BCUT2D eigenvalue weighted by Gasteiger charge is 2.34. The van der Waals surface area contributed by atoms with Crippen molar-refractivity contribution in [3.63, 3.8) is 0 Å². The van der Waals surface area contributed by atoms with Crippen LogP contribution in [-0.2, 0) is 10.0 Å². The third-order valence-electron chi connectivity index (χ3n) is 3.69. The molecule has 1 N–H and O–H groups in total. The lowest BCUT2D eigenvalue weighted by atomic mass is 10.2. The average Bonchev–Trinajstić information content (AvgIpc) is 2.69. The quantitative estimate of drug-likeness (QED) is 0.893. The predicted molar refractivity (Wildman–Crippen MR) is 73.4 cm³/mol. The molecule has 0 aliphatic carbocycles. The van der Waals surface area contributed by atoms with Crippen molar-refractivity contribution in [2.45, 2.75) is 37.6 Å². The standard InChI is InChI=1S/C12H22N4O2S/c1-4-11-9-15(3)6-5-7-16(11)19(17,18)12-8-13-14-10(12)2/h8,11H,4-7,9H2,1-3H3,(H,13,14). The number of aromatic nitrogens is 2. The van der Waals surface area contributed by atoms with Crippen molar-refractivity contribution in [2.24, 2.45) is 0 Å². The van der Waals surface area contributed by atoms with Gasteiger partial charge in [0.25, 0.3) is 0 Å². The zero-order chi connectivity index (χ0) is 14.0. The summed E-state index contributed by atoms with van der Waals surface area (Å²) >= 11 is 0. The molecule has 1 aliphatic rings. The van der Waals surface area contributed by atoms with E-state index in [-0.39, 0.29) is 6.04 Å². The normalized spacial score (nSPS) is 23.4. The Kier molecular flexibility index (Phi) is 4.27. The van der Waals surface area contributed by atoms with Crippen LogP contribution in [0.25, 0.3) is 0 Å². The minimum absolute atomic E-state index is 0.0341. The molecule has 1 saturated heterocycles. The van der Waals surface area contributed by atoms with Crippen molar-refractivity contribution in [3.05, 3.63) is 11.9 Å². The van der Waals surface area contributed by atoms with E-state index in [2.05, 4.69) is 15.1 Å². The maximum Gasteiger partial charge on any atom is 0.246 e. The molecule has 6 nitrogen and oxygen atoms in total. The lowest BCUT2D eigenvalue weighted by Crippen LogP contribution is -2.43. The Hall–Kier alpha value is -0.920. The van der Waals surface area contributed by atoms with E-state index >= 15 is 0 Å². The second kappa shape index (κ2) is 5.60. The number of nitrogens with one attached hydrogen (secondary N) is 1. The number of aromatic amines is 1. The van der Waals surface area contributed by atoms with Crippen molar-refractivity contribution in [2.75, 3.05) is 26.7 Å². The van der Waals surface area contributed by atoms with Gasteiger partial charge in [0.15, 0.2) is 0 Å². The van der Waals surface area contributed by atoms with E-state index < -0.39 is 10.0 Å². The summed E-state index contributed by atoms with van der Waals surface area (Å²) < 4.78 is 27.1. The van der Waals surface area contributed by atoms with Crippen LogP contribution < -0.4 is 0 Å². The first-order valence-electron chi connectivity index (χ1n) is 6.67. The van der Waals surface area contributed by atoms with Crippen molar-refractivity contribution < 1.29 is 8.42 Å². The third kappa shape index (κ3) is 2.82. The zero-order valence-corrected chi connectivity index (χ0v) is 12.6. The van der Waals surface area contributed by atoms with Crippen LogP contribution in [0.2, 0.25) is 0 Å². The average molecular weight is 286 g/mol. The van der Waals surface area contributed by atoms with Gasteiger partial charge in [-0.3, -0.25) is 5.10 Å². The van der Waals surface area contributed by atoms with Gasteiger partial charge in [0.2, 0.25) is 10.0 Å². The second-order valence-corrected chi connectivity index (χ2v) is 7.01. The molecule has 0 bridgehead atoms. The summed E-state index contributed by atoms with van der Waals surface area (Å²) in [5.41, 5.74) is 0.604. The highest BCUT2D eigenvalue weighted by atomic mass is 32.2. The molecule has 108 valence electrons. The second-order valence-electron chi connectivity index (χ2n) is 5.15. The first-order valence-corrected chi connectivity index (χ1v) is 8.11. The van der Waals surface area contributed by atoms with E-state index in [1.807, 2.05) is 14.0 Å². The summed E-state index contributed by atoms with van der Waals surface area (Å²) in [4.78, 5) is 2.50. The number of hydrogen-bond donors (Lipinski definition) is 1. The largest absolute Gasteiger partial charge is 0.305 e. The summed E-state index contributed by atoms with van der Waals surface area (Å²) in [6.07, 6.45) is 3.09. The van der Waals surface area contributed by atoms with E-state index in [1.54, 1.807) is 11.2 Å². The molecular formula is C12H22N4O2S. The number of aryl methyl sites for hydroxylation is 1. The molecule has 2 heterocycles. The van der Waals surface area contributed by atoms with Gasteiger partial charge in [-0.05, 0) is 33.4 Å². The molecule has 1 atom stereocenters. The molecule has 0 aromatic carbocycles. The summed E-state index contributed by atoms with van der Waals surface area (Å²) in [6.45, 7) is 6.08. The molecule has 1 aromatic rings. The third-order valence-corrected chi connectivity index (χ3v) is 5.76. The van der Waals surface area contributed by atoms with E-state index in [0.717, 1.165) is 25.9 Å². The van der Waals surface area contributed by atoms with Crippen LogP contribution >= 0.6 is 0 Å². The van der Waals surface area contributed by atoms with Crippen molar-refractivity contribution >= 4 is 10.0 Å². The fourth-order valence-corrected chi connectivity index (χ4v) is 4.45. The fraction of sp³-hybridized carbons (Fsp3) is 0.750. The number of hydrogen-bond acceptors (Lipinski definition) is 4. The monoisotopic (exact) mass is 286 g/mol. The Morgan fingerprint density at radius 1 is 1.47 bits per heavy atom. The number of likely N-dealkylation sites (N-methyl/N-ethyl adjacent to an activating group) is 1. The van der Waals surface area contributed by atoms with Crippen LogP contribution in [0.4, 0.5) is 0 Å². The molecule has 1 unspecified atom stereocenters. The van der Waals surface area contributed by atoms with Crippen LogP contribution in [-0.4, -0.2) is 60.5 Å². The van der Waals surface area contributed by atoms with Gasteiger partial charge in [0.1, 0.15) is 4.90 Å². The molecule has 19 heavy (non-hydrogen) atoms. The van der Waals surface area contributed by atoms with Gasteiger partial charge in [-0.25, -0.2) is 8.42 Å². The van der Waals surface area contributed by atoms with Crippen LogP contribution in [0.3, 0.4) is 0 Å². The van der Waals surface area contributed by atoms with E-state index in [9.17, 15) is 8.42 Å².